The first kappa shape index (κ1) is 12.5. The highest BCUT2D eigenvalue weighted by atomic mass is 32.2. The molecule has 0 aromatic carbocycles. The molecule has 0 aromatic rings. The average molecular weight is 233 g/mol. The second-order valence-corrected chi connectivity index (χ2v) is 6.94. The third-order valence-electron chi connectivity index (χ3n) is 2.60. The van der Waals surface area contributed by atoms with Crippen LogP contribution in [-0.4, -0.2) is 44.3 Å². The molecule has 15 heavy (non-hydrogen) atoms. The maximum absolute atomic E-state index is 11.8. The molecule has 0 radical (unpaired) electrons. The molecule has 0 spiro atoms. The molecule has 0 bridgehead atoms. The van der Waals surface area contributed by atoms with Crippen molar-refractivity contribution >= 4 is 15.7 Å². The maximum atomic E-state index is 11.8. The number of hydrogen-bond donors (Lipinski definition) is 0. The monoisotopic (exact) mass is 233 g/mol. The van der Waals surface area contributed by atoms with Crippen LogP contribution in [-0.2, 0) is 14.6 Å². The lowest BCUT2D eigenvalue weighted by Crippen LogP contribution is -2.35. The number of nitrogens with zero attached hydrogens (tertiary/aromatic N) is 1. The zero-order chi connectivity index (χ0) is 11.6. The molecule has 1 heterocycles. The third-order valence-corrected chi connectivity index (χ3v) is 4.36. The summed E-state index contributed by atoms with van der Waals surface area (Å²) in [7, 11) is -1.21. The van der Waals surface area contributed by atoms with E-state index >= 15 is 0 Å². The number of hydrogen-bond acceptors (Lipinski definition) is 3. The van der Waals surface area contributed by atoms with Gasteiger partial charge in [-0.25, -0.2) is 8.42 Å². The molecule has 1 atom stereocenters. The van der Waals surface area contributed by atoms with Crippen LogP contribution in [0, 0.1) is 11.8 Å². The van der Waals surface area contributed by atoms with Gasteiger partial charge in [-0.1, -0.05) is 13.8 Å². The molecule has 4 nitrogen and oxygen atoms in total. The molecular weight excluding hydrogens is 214 g/mol. The largest absolute Gasteiger partial charge is 0.345 e. The zero-order valence-electron chi connectivity index (χ0n) is 9.56. The Morgan fingerprint density at radius 2 is 2.07 bits per heavy atom. The Labute approximate surface area is 91.6 Å². The predicted molar refractivity (Wildman–Crippen MR) is 59.2 cm³/mol. The van der Waals surface area contributed by atoms with Gasteiger partial charge >= 0.3 is 0 Å². The van der Waals surface area contributed by atoms with Gasteiger partial charge in [-0.3, -0.25) is 4.79 Å². The molecule has 0 saturated carbocycles. The Morgan fingerprint density at radius 3 is 2.47 bits per heavy atom. The van der Waals surface area contributed by atoms with E-state index in [0.717, 1.165) is 0 Å². The molecule has 1 amide bonds. The summed E-state index contributed by atoms with van der Waals surface area (Å²) in [5, 5.41) is 0. The number of carbonyl (C=O) groups excluding carboxylic acids is 1. The van der Waals surface area contributed by atoms with Gasteiger partial charge in [0.05, 0.1) is 17.4 Å². The Hall–Kier alpha value is -0.580. The molecule has 5 heteroatoms. The summed E-state index contributed by atoms with van der Waals surface area (Å²) in [6.07, 6.45) is 0.490. The molecular formula is C10H19NO3S. The van der Waals surface area contributed by atoms with Crippen LogP contribution in [0.1, 0.15) is 20.3 Å². The van der Waals surface area contributed by atoms with Gasteiger partial charge in [0, 0.05) is 13.6 Å². The summed E-state index contributed by atoms with van der Waals surface area (Å²) < 4.78 is 22.4. The Balaban J connectivity index is 2.55. The van der Waals surface area contributed by atoms with Gasteiger partial charge in [0.25, 0.3) is 0 Å². The van der Waals surface area contributed by atoms with Crippen molar-refractivity contribution < 1.29 is 13.2 Å². The van der Waals surface area contributed by atoms with E-state index in [1.807, 2.05) is 13.8 Å². The van der Waals surface area contributed by atoms with Crippen molar-refractivity contribution in [3.8, 4) is 0 Å². The topological polar surface area (TPSA) is 54.5 Å². The third kappa shape index (κ3) is 3.48. The normalized spacial score (nSPS) is 24.4. The minimum Gasteiger partial charge on any atom is -0.345 e. The van der Waals surface area contributed by atoms with Gasteiger partial charge in [0.15, 0.2) is 9.84 Å². The van der Waals surface area contributed by atoms with E-state index in [4.69, 9.17) is 0 Å². The Kier molecular flexibility index (Phi) is 3.76. The Bertz CT molecular complexity index is 335. The molecule has 0 aliphatic carbocycles. The predicted octanol–water partition coefficient (Wildman–Crippen LogP) is 0.536. The second kappa shape index (κ2) is 4.51. The first-order valence-electron chi connectivity index (χ1n) is 5.27. The standard InChI is InChI=1S/C10H19NO3S/c1-8(2)6-11(3)10(12)9-4-5-15(13,14)7-9/h8-9H,4-7H2,1-3H3. The fourth-order valence-corrected chi connectivity index (χ4v) is 3.67. The smallest absolute Gasteiger partial charge is 0.226 e. The number of carbonyl (C=O) groups is 1. The average Bonchev–Trinajstić information content (AvgIpc) is 2.43. The van der Waals surface area contributed by atoms with Crippen molar-refractivity contribution in [2.75, 3.05) is 25.1 Å². The van der Waals surface area contributed by atoms with Crippen molar-refractivity contribution in [3.05, 3.63) is 0 Å². The number of sulfone groups is 1. The van der Waals surface area contributed by atoms with Crippen molar-refractivity contribution in [2.24, 2.45) is 11.8 Å². The van der Waals surface area contributed by atoms with Gasteiger partial charge in [-0.05, 0) is 12.3 Å². The highest BCUT2D eigenvalue weighted by molar-refractivity contribution is 7.91. The van der Waals surface area contributed by atoms with Crippen LogP contribution in [0.15, 0.2) is 0 Å². The van der Waals surface area contributed by atoms with Crippen molar-refractivity contribution in [1.82, 2.24) is 4.90 Å². The first-order chi connectivity index (χ1) is 6.82. The summed E-state index contributed by atoms with van der Waals surface area (Å²) in [4.78, 5) is 13.5. The highest BCUT2D eigenvalue weighted by Crippen LogP contribution is 2.20. The first-order valence-corrected chi connectivity index (χ1v) is 7.09. The van der Waals surface area contributed by atoms with Crippen molar-refractivity contribution in [1.29, 1.82) is 0 Å². The zero-order valence-corrected chi connectivity index (χ0v) is 10.4. The van der Waals surface area contributed by atoms with E-state index in [0.29, 0.717) is 18.9 Å². The maximum Gasteiger partial charge on any atom is 0.226 e. The molecule has 1 fully saturated rings. The lowest BCUT2D eigenvalue weighted by atomic mass is 10.1. The van der Waals surface area contributed by atoms with Crippen LogP contribution in [0.2, 0.25) is 0 Å². The number of rotatable bonds is 3. The van der Waals surface area contributed by atoms with E-state index in [2.05, 4.69) is 0 Å². The molecule has 0 aromatic heterocycles. The molecule has 1 aliphatic rings. The van der Waals surface area contributed by atoms with Gasteiger partial charge < -0.3 is 4.90 Å². The summed E-state index contributed by atoms with van der Waals surface area (Å²) in [6.45, 7) is 4.76. The Morgan fingerprint density at radius 1 is 1.47 bits per heavy atom. The summed E-state index contributed by atoms with van der Waals surface area (Å²) in [6, 6.07) is 0. The van der Waals surface area contributed by atoms with E-state index in [9.17, 15) is 13.2 Å². The molecule has 1 rings (SSSR count). The fourth-order valence-electron chi connectivity index (χ4n) is 1.94. The van der Waals surface area contributed by atoms with Crippen LogP contribution < -0.4 is 0 Å². The van der Waals surface area contributed by atoms with Gasteiger partial charge in [-0.15, -0.1) is 0 Å². The minimum absolute atomic E-state index is 0.0234. The van der Waals surface area contributed by atoms with Crippen LogP contribution in [0.25, 0.3) is 0 Å². The molecule has 1 aliphatic heterocycles. The summed E-state index contributed by atoms with van der Waals surface area (Å²) in [5.74, 6) is 0.285. The van der Waals surface area contributed by atoms with E-state index in [1.54, 1.807) is 11.9 Å². The van der Waals surface area contributed by atoms with Gasteiger partial charge in [-0.2, -0.15) is 0 Å². The van der Waals surface area contributed by atoms with Crippen molar-refractivity contribution in [3.63, 3.8) is 0 Å². The van der Waals surface area contributed by atoms with Crippen LogP contribution in [0.4, 0.5) is 0 Å². The van der Waals surface area contributed by atoms with Gasteiger partial charge in [0.1, 0.15) is 0 Å². The number of amides is 1. The highest BCUT2D eigenvalue weighted by Gasteiger charge is 2.34. The van der Waals surface area contributed by atoms with Crippen LogP contribution in [0.3, 0.4) is 0 Å². The van der Waals surface area contributed by atoms with E-state index in [-0.39, 0.29) is 23.3 Å². The minimum atomic E-state index is -2.95. The molecule has 1 saturated heterocycles. The van der Waals surface area contributed by atoms with Crippen LogP contribution in [0.5, 0.6) is 0 Å². The summed E-state index contributed by atoms with van der Waals surface area (Å²) in [5.41, 5.74) is 0. The summed E-state index contributed by atoms with van der Waals surface area (Å²) >= 11 is 0. The lowest BCUT2D eigenvalue weighted by Gasteiger charge is -2.22. The van der Waals surface area contributed by atoms with Gasteiger partial charge in [0.2, 0.25) is 5.91 Å². The molecule has 0 N–H and O–H groups in total. The molecule has 88 valence electrons. The van der Waals surface area contributed by atoms with Crippen molar-refractivity contribution in [2.45, 2.75) is 20.3 Å². The second-order valence-electron chi connectivity index (χ2n) is 4.71. The molecule has 1 unspecified atom stereocenters. The van der Waals surface area contributed by atoms with Crippen LogP contribution >= 0.6 is 0 Å². The SMILES string of the molecule is CC(C)CN(C)C(=O)C1CCS(=O)(=O)C1. The quantitative estimate of drug-likeness (QED) is 0.714. The lowest BCUT2D eigenvalue weighted by molar-refractivity contribution is -0.133. The van der Waals surface area contributed by atoms with E-state index < -0.39 is 9.84 Å². The van der Waals surface area contributed by atoms with E-state index in [1.165, 1.54) is 0 Å². The fraction of sp³-hybridized carbons (Fsp3) is 0.900.